The SMILES string of the molecule is CC1CCCCCOC(=O)CC2C(=CC3=C4CCCC4C(C)CC32)C1=O. The topological polar surface area (TPSA) is 43.4 Å². The summed E-state index contributed by atoms with van der Waals surface area (Å²) in [5.41, 5.74) is 3.96. The van der Waals surface area contributed by atoms with Gasteiger partial charge in [0, 0.05) is 11.8 Å². The minimum absolute atomic E-state index is 0.0448. The van der Waals surface area contributed by atoms with E-state index >= 15 is 0 Å². The molecule has 0 bridgehead atoms. The third-order valence-corrected chi connectivity index (χ3v) is 7.35. The van der Waals surface area contributed by atoms with Gasteiger partial charge in [0.25, 0.3) is 0 Å². The van der Waals surface area contributed by atoms with Gasteiger partial charge in [-0.15, -0.1) is 0 Å². The highest BCUT2D eigenvalue weighted by Gasteiger charge is 2.45. The number of hydrogen-bond acceptors (Lipinski definition) is 3. The van der Waals surface area contributed by atoms with Crippen LogP contribution >= 0.6 is 0 Å². The molecule has 4 rings (SSSR count). The lowest BCUT2D eigenvalue weighted by molar-refractivity contribution is -0.145. The van der Waals surface area contributed by atoms with Crippen molar-refractivity contribution in [2.45, 2.75) is 71.6 Å². The molecule has 0 amide bonds. The molecular formula is C23H32O3. The van der Waals surface area contributed by atoms with Gasteiger partial charge < -0.3 is 4.74 Å². The van der Waals surface area contributed by atoms with E-state index in [2.05, 4.69) is 19.9 Å². The van der Waals surface area contributed by atoms with E-state index in [9.17, 15) is 9.59 Å². The Labute approximate surface area is 157 Å². The van der Waals surface area contributed by atoms with E-state index in [4.69, 9.17) is 4.74 Å². The summed E-state index contributed by atoms with van der Waals surface area (Å²) in [7, 11) is 0. The maximum Gasteiger partial charge on any atom is 0.306 e. The lowest BCUT2D eigenvalue weighted by Gasteiger charge is -2.35. The highest BCUT2D eigenvalue weighted by Crippen LogP contribution is 2.54. The molecule has 3 nitrogen and oxygen atoms in total. The predicted octanol–water partition coefficient (Wildman–Crippen LogP) is 5.01. The third-order valence-electron chi connectivity index (χ3n) is 7.35. The molecule has 1 saturated carbocycles. The van der Waals surface area contributed by atoms with E-state index in [0.717, 1.165) is 37.7 Å². The number of ketones is 1. The summed E-state index contributed by atoms with van der Waals surface area (Å²) in [4.78, 5) is 25.7. The fourth-order valence-electron chi connectivity index (χ4n) is 5.94. The Balaban J connectivity index is 1.70. The molecule has 0 spiro atoms. The zero-order valence-corrected chi connectivity index (χ0v) is 16.3. The predicted molar refractivity (Wildman–Crippen MR) is 101 cm³/mol. The molecule has 0 aromatic rings. The molecule has 4 aliphatic rings. The van der Waals surface area contributed by atoms with Crippen molar-refractivity contribution >= 4 is 11.8 Å². The molecule has 0 N–H and O–H groups in total. The summed E-state index contributed by atoms with van der Waals surface area (Å²) in [5.74, 6) is 2.02. The van der Waals surface area contributed by atoms with E-state index in [0.29, 0.717) is 30.8 Å². The maximum absolute atomic E-state index is 13.2. The van der Waals surface area contributed by atoms with Gasteiger partial charge in [-0.2, -0.15) is 0 Å². The van der Waals surface area contributed by atoms with Crippen LogP contribution in [0.3, 0.4) is 0 Å². The lowest BCUT2D eigenvalue weighted by Crippen LogP contribution is -2.29. The van der Waals surface area contributed by atoms with Crippen molar-refractivity contribution in [1.29, 1.82) is 0 Å². The van der Waals surface area contributed by atoms with Gasteiger partial charge in [-0.1, -0.05) is 38.3 Å². The molecule has 0 aromatic heterocycles. The molecule has 1 saturated heterocycles. The molecule has 5 unspecified atom stereocenters. The summed E-state index contributed by atoms with van der Waals surface area (Å²) in [6.07, 6.45) is 11.4. The van der Waals surface area contributed by atoms with Crippen molar-refractivity contribution < 1.29 is 14.3 Å². The number of carbonyl (C=O) groups is 2. The third kappa shape index (κ3) is 3.18. The second kappa shape index (κ2) is 7.32. The molecular weight excluding hydrogens is 324 g/mol. The molecule has 0 radical (unpaired) electrons. The van der Waals surface area contributed by atoms with Crippen LogP contribution in [-0.4, -0.2) is 18.4 Å². The zero-order valence-electron chi connectivity index (χ0n) is 16.3. The summed E-state index contributed by atoms with van der Waals surface area (Å²) in [6, 6.07) is 0. The number of esters is 1. The van der Waals surface area contributed by atoms with E-state index in [1.807, 2.05) is 0 Å². The molecule has 142 valence electrons. The first-order valence-electron chi connectivity index (χ1n) is 10.7. The minimum Gasteiger partial charge on any atom is -0.466 e. The highest BCUT2D eigenvalue weighted by molar-refractivity contribution is 5.99. The van der Waals surface area contributed by atoms with Crippen LogP contribution in [0, 0.1) is 29.6 Å². The minimum atomic E-state index is -0.116. The Morgan fingerprint density at radius 1 is 0.962 bits per heavy atom. The molecule has 2 fully saturated rings. The van der Waals surface area contributed by atoms with Gasteiger partial charge in [-0.05, 0) is 67.4 Å². The van der Waals surface area contributed by atoms with Gasteiger partial charge in [0.1, 0.15) is 0 Å². The van der Waals surface area contributed by atoms with Gasteiger partial charge in [0.15, 0.2) is 5.78 Å². The van der Waals surface area contributed by atoms with Crippen LogP contribution in [0.25, 0.3) is 0 Å². The van der Waals surface area contributed by atoms with Crippen LogP contribution in [-0.2, 0) is 14.3 Å². The highest BCUT2D eigenvalue weighted by atomic mass is 16.5. The Kier molecular flexibility index (Phi) is 5.07. The Hall–Kier alpha value is -1.38. The zero-order chi connectivity index (χ0) is 18.3. The van der Waals surface area contributed by atoms with E-state index in [1.54, 1.807) is 5.57 Å². The van der Waals surface area contributed by atoms with Crippen LogP contribution < -0.4 is 0 Å². The van der Waals surface area contributed by atoms with E-state index in [1.165, 1.54) is 24.8 Å². The quantitative estimate of drug-likeness (QED) is 0.573. The fraction of sp³-hybridized carbons (Fsp3) is 0.739. The van der Waals surface area contributed by atoms with Crippen molar-refractivity contribution in [1.82, 2.24) is 0 Å². The standard InChI is InChI=1S/C23H32O3/c1-14-7-4-3-5-10-26-22(24)13-20-18-11-15(2)16-8-6-9-17(16)19(18)12-21(20)23(14)25/h12,14-16,18,20H,3-11,13H2,1-2H3. The Morgan fingerprint density at radius 3 is 2.65 bits per heavy atom. The van der Waals surface area contributed by atoms with Crippen molar-refractivity contribution in [2.24, 2.45) is 29.6 Å². The Morgan fingerprint density at radius 2 is 1.81 bits per heavy atom. The number of Topliss-reactive ketones (excluding diaryl/α,β-unsaturated/α-hetero) is 1. The monoisotopic (exact) mass is 356 g/mol. The van der Waals surface area contributed by atoms with Crippen LogP contribution in [0.5, 0.6) is 0 Å². The molecule has 0 aromatic carbocycles. The lowest BCUT2D eigenvalue weighted by atomic mass is 9.69. The fourth-order valence-corrected chi connectivity index (χ4v) is 5.94. The largest absolute Gasteiger partial charge is 0.466 e. The first-order valence-corrected chi connectivity index (χ1v) is 10.7. The molecule has 1 aliphatic heterocycles. The summed E-state index contributed by atoms with van der Waals surface area (Å²) in [5, 5.41) is 0. The van der Waals surface area contributed by atoms with Crippen LogP contribution in [0.2, 0.25) is 0 Å². The second-order valence-electron chi connectivity index (χ2n) is 9.04. The smallest absolute Gasteiger partial charge is 0.306 e. The number of carbonyl (C=O) groups excluding carboxylic acids is 2. The van der Waals surface area contributed by atoms with Gasteiger partial charge >= 0.3 is 5.97 Å². The summed E-state index contributed by atoms with van der Waals surface area (Å²) >= 11 is 0. The number of allylic oxidation sites excluding steroid dienone is 4. The molecule has 5 atom stereocenters. The number of hydrogen-bond donors (Lipinski definition) is 0. The first kappa shape index (κ1) is 18.0. The van der Waals surface area contributed by atoms with Crippen molar-refractivity contribution in [3.63, 3.8) is 0 Å². The second-order valence-corrected chi connectivity index (χ2v) is 9.04. The normalized spacial score (nSPS) is 38.5. The average Bonchev–Trinajstić information content (AvgIpc) is 3.22. The molecule has 3 heteroatoms. The maximum atomic E-state index is 13.2. The molecule has 3 aliphatic carbocycles. The van der Waals surface area contributed by atoms with Gasteiger partial charge in [-0.3, -0.25) is 9.59 Å². The van der Waals surface area contributed by atoms with Crippen LogP contribution in [0.1, 0.15) is 71.6 Å². The number of cyclic esters (lactones) is 1. The van der Waals surface area contributed by atoms with Crippen molar-refractivity contribution in [3.05, 3.63) is 22.8 Å². The van der Waals surface area contributed by atoms with Crippen LogP contribution in [0.4, 0.5) is 0 Å². The van der Waals surface area contributed by atoms with Gasteiger partial charge in [-0.25, -0.2) is 0 Å². The van der Waals surface area contributed by atoms with Crippen LogP contribution in [0.15, 0.2) is 22.8 Å². The first-order chi connectivity index (χ1) is 12.6. The van der Waals surface area contributed by atoms with E-state index < -0.39 is 0 Å². The number of fused-ring (bicyclic) bond motifs is 4. The van der Waals surface area contributed by atoms with Gasteiger partial charge in [0.05, 0.1) is 13.0 Å². The van der Waals surface area contributed by atoms with Crippen molar-refractivity contribution in [3.8, 4) is 0 Å². The van der Waals surface area contributed by atoms with Crippen molar-refractivity contribution in [2.75, 3.05) is 6.61 Å². The number of ether oxygens (including phenoxy) is 1. The van der Waals surface area contributed by atoms with Gasteiger partial charge in [0.2, 0.25) is 0 Å². The van der Waals surface area contributed by atoms with E-state index in [-0.39, 0.29) is 23.6 Å². The summed E-state index contributed by atoms with van der Waals surface area (Å²) in [6.45, 7) is 4.97. The number of rotatable bonds is 0. The molecule has 1 heterocycles. The average molecular weight is 357 g/mol. The summed E-state index contributed by atoms with van der Waals surface area (Å²) < 4.78 is 5.48. The molecule has 26 heavy (non-hydrogen) atoms. The Bertz CT molecular complexity index is 656.